The molecule has 0 spiro atoms. The standard InChI is InChI=1S/C12H9BrF3N3O/c1-19-6-8(17-18-19)5-11(20)9-3-2-7(13)4-10(9)12(14,15)16/h2-4,6H,5H2,1H3. The molecule has 0 unspecified atom stereocenters. The summed E-state index contributed by atoms with van der Waals surface area (Å²) in [4.78, 5) is 12.0. The third kappa shape index (κ3) is 3.24. The smallest absolute Gasteiger partial charge is 0.294 e. The maximum atomic E-state index is 12.9. The van der Waals surface area contributed by atoms with Crippen molar-refractivity contribution in [2.75, 3.05) is 0 Å². The highest BCUT2D eigenvalue weighted by Gasteiger charge is 2.35. The van der Waals surface area contributed by atoms with E-state index in [0.717, 1.165) is 12.1 Å². The molecule has 0 saturated carbocycles. The molecule has 0 fully saturated rings. The average Bonchev–Trinajstić information content (AvgIpc) is 2.73. The normalized spacial score (nSPS) is 11.7. The van der Waals surface area contributed by atoms with Crippen molar-refractivity contribution in [3.05, 3.63) is 45.7 Å². The SMILES string of the molecule is Cn1cc(CC(=O)c2ccc(Br)cc2C(F)(F)F)nn1. The van der Waals surface area contributed by atoms with Gasteiger partial charge in [-0.3, -0.25) is 9.48 Å². The highest BCUT2D eigenvalue weighted by molar-refractivity contribution is 9.10. The van der Waals surface area contributed by atoms with Crippen LogP contribution in [0.4, 0.5) is 13.2 Å². The molecular weight excluding hydrogens is 339 g/mol. The fourth-order valence-electron chi connectivity index (χ4n) is 1.73. The summed E-state index contributed by atoms with van der Waals surface area (Å²) in [5, 5.41) is 7.33. The number of hydrogen-bond donors (Lipinski definition) is 0. The molecule has 4 nitrogen and oxygen atoms in total. The van der Waals surface area contributed by atoms with Crippen molar-refractivity contribution >= 4 is 21.7 Å². The van der Waals surface area contributed by atoms with E-state index in [-0.39, 0.29) is 16.5 Å². The Hall–Kier alpha value is -1.70. The van der Waals surface area contributed by atoms with Crippen LogP contribution in [0.15, 0.2) is 28.9 Å². The van der Waals surface area contributed by atoms with Gasteiger partial charge in [-0.2, -0.15) is 13.2 Å². The first-order chi connectivity index (χ1) is 9.27. The van der Waals surface area contributed by atoms with E-state index in [9.17, 15) is 18.0 Å². The highest BCUT2D eigenvalue weighted by Crippen LogP contribution is 2.34. The number of carbonyl (C=O) groups is 1. The summed E-state index contributed by atoms with van der Waals surface area (Å²) < 4.78 is 40.4. The van der Waals surface area contributed by atoms with E-state index in [2.05, 4.69) is 26.2 Å². The van der Waals surface area contributed by atoms with Crippen LogP contribution < -0.4 is 0 Å². The number of nitrogens with zero attached hydrogens (tertiary/aromatic N) is 3. The number of ketones is 1. The number of Topliss-reactive ketones (excluding diaryl/α,β-unsaturated/α-hetero) is 1. The second kappa shape index (κ2) is 5.35. The summed E-state index contributed by atoms with van der Waals surface area (Å²) in [6.45, 7) is 0. The molecule has 0 saturated heterocycles. The zero-order valence-electron chi connectivity index (χ0n) is 10.3. The topological polar surface area (TPSA) is 47.8 Å². The van der Waals surface area contributed by atoms with Crippen molar-refractivity contribution in [2.24, 2.45) is 7.05 Å². The maximum absolute atomic E-state index is 12.9. The zero-order valence-corrected chi connectivity index (χ0v) is 11.9. The number of halogens is 4. The Balaban J connectivity index is 2.34. The van der Waals surface area contributed by atoms with E-state index < -0.39 is 17.5 Å². The third-order valence-corrected chi connectivity index (χ3v) is 3.07. The van der Waals surface area contributed by atoms with E-state index >= 15 is 0 Å². The van der Waals surface area contributed by atoms with E-state index in [0.29, 0.717) is 5.69 Å². The Bertz CT molecular complexity index is 652. The Morgan fingerprint density at radius 3 is 2.65 bits per heavy atom. The molecule has 0 radical (unpaired) electrons. The summed E-state index contributed by atoms with van der Waals surface area (Å²) in [5.74, 6) is -0.648. The second-order valence-corrected chi connectivity index (χ2v) is 5.09. The number of aromatic nitrogens is 3. The van der Waals surface area contributed by atoms with Gasteiger partial charge in [0.2, 0.25) is 0 Å². The van der Waals surface area contributed by atoms with Gasteiger partial charge >= 0.3 is 6.18 Å². The van der Waals surface area contributed by atoms with Gasteiger partial charge in [-0.25, -0.2) is 0 Å². The largest absolute Gasteiger partial charge is 0.417 e. The Morgan fingerprint density at radius 1 is 1.40 bits per heavy atom. The lowest BCUT2D eigenvalue weighted by Crippen LogP contribution is -2.14. The molecule has 1 aromatic heterocycles. The Kier molecular flexibility index (Phi) is 3.94. The van der Waals surface area contributed by atoms with Crippen LogP contribution in [-0.4, -0.2) is 20.8 Å². The van der Waals surface area contributed by atoms with Gasteiger partial charge in [0.05, 0.1) is 17.7 Å². The minimum atomic E-state index is -4.59. The molecule has 0 N–H and O–H groups in total. The number of benzene rings is 1. The molecule has 0 bridgehead atoms. The predicted molar refractivity (Wildman–Crippen MR) is 68.2 cm³/mol. The molecule has 106 valence electrons. The summed E-state index contributed by atoms with van der Waals surface area (Å²) in [5.41, 5.74) is -0.999. The van der Waals surface area contributed by atoms with E-state index in [1.165, 1.54) is 16.9 Å². The fraction of sp³-hybridized carbons (Fsp3) is 0.250. The van der Waals surface area contributed by atoms with Crippen LogP contribution in [0.5, 0.6) is 0 Å². The number of hydrogen-bond acceptors (Lipinski definition) is 3. The predicted octanol–water partition coefficient (Wildman–Crippen LogP) is 3.02. The van der Waals surface area contributed by atoms with Crippen molar-refractivity contribution in [3.8, 4) is 0 Å². The van der Waals surface area contributed by atoms with Crippen molar-refractivity contribution < 1.29 is 18.0 Å². The first-order valence-corrected chi connectivity index (χ1v) is 6.32. The second-order valence-electron chi connectivity index (χ2n) is 4.17. The zero-order chi connectivity index (χ0) is 14.9. The molecule has 1 heterocycles. The minimum absolute atomic E-state index is 0.224. The quantitative estimate of drug-likeness (QED) is 0.802. The average molecular weight is 348 g/mol. The van der Waals surface area contributed by atoms with Gasteiger partial charge in [0, 0.05) is 23.3 Å². The van der Waals surface area contributed by atoms with Crippen molar-refractivity contribution in [1.29, 1.82) is 0 Å². The molecule has 0 atom stereocenters. The molecule has 2 rings (SSSR count). The van der Waals surface area contributed by atoms with Gasteiger partial charge in [-0.05, 0) is 18.2 Å². The van der Waals surface area contributed by atoms with Crippen LogP contribution in [0.3, 0.4) is 0 Å². The van der Waals surface area contributed by atoms with Gasteiger partial charge in [0.15, 0.2) is 5.78 Å². The fourth-order valence-corrected chi connectivity index (χ4v) is 2.09. The van der Waals surface area contributed by atoms with Crippen molar-refractivity contribution in [1.82, 2.24) is 15.0 Å². The first-order valence-electron chi connectivity index (χ1n) is 5.52. The van der Waals surface area contributed by atoms with Crippen LogP contribution in [0, 0.1) is 0 Å². The van der Waals surface area contributed by atoms with E-state index in [4.69, 9.17) is 0 Å². The van der Waals surface area contributed by atoms with Crippen molar-refractivity contribution in [3.63, 3.8) is 0 Å². The van der Waals surface area contributed by atoms with Crippen molar-refractivity contribution in [2.45, 2.75) is 12.6 Å². The molecule has 0 aliphatic heterocycles. The molecule has 0 aliphatic carbocycles. The lowest BCUT2D eigenvalue weighted by molar-refractivity contribution is -0.138. The monoisotopic (exact) mass is 347 g/mol. The number of alkyl halides is 3. The summed E-state index contributed by atoms with van der Waals surface area (Å²) >= 11 is 2.97. The molecule has 8 heteroatoms. The molecule has 0 aliphatic rings. The van der Waals surface area contributed by atoms with Gasteiger partial charge in [-0.15, -0.1) is 5.10 Å². The van der Waals surface area contributed by atoms with Gasteiger partial charge < -0.3 is 0 Å². The summed E-state index contributed by atoms with van der Waals surface area (Å²) in [6, 6.07) is 3.45. The lowest BCUT2D eigenvalue weighted by atomic mass is 10.0. The Labute approximate surface area is 120 Å². The number of carbonyl (C=O) groups excluding carboxylic acids is 1. The molecule has 20 heavy (non-hydrogen) atoms. The van der Waals surface area contributed by atoms with E-state index in [1.54, 1.807) is 7.05 Å². The number of rotatable bonds is 3. The maximum Gasteiger partial charge on any atom is 0.417 e. The molecule has 2 aromatic rings. The van der Waals surface area contributed by atoms with Crippen LogP contribution in [0.1, 0.15) is 21.6 Å². The lowest BCUT2D eigenvalue weighted by Gasteiger charge is -2.12. The number of aryl methyl sites for hydroxylation is 1. The van der Waals surface area contributed by atoms with Crippen LogP contribution in [-0.2, 0) is 19.6 Å². The summed E-state index contributed by atoms with van der Waals surface area (Å²) in [7, 11) is 1.61. The van der Waals surface area contributed by atoms with Crippen LogP contribution >= 0.6 is 15.9 Å². The first kappa shape index (κ1) is 14.7. The summed E-state index contributed by atoms with van der Waals surface area (Å²) in [6.07, 6.45) is -3.32. The molecular formula is C12H9BrF3N3O. The highest BCUT2D eigenvalue weighted by atomic mass is 79.9. The minimum Gasteiger partial charge on any atom is -0.294 e. The van der Waals surface area contributed by atoms with E-state index in [1.807, 2.05) is 0 Å². The van der Waals surface area contributed by atoms with Gasteiger partial charge in [-0.1, -0.05) is 21.1 Å². The third-order valence-electron chi connectivity index (χ3n) is 2.58. The molecule has 0 amide bonds. The molecule has 1 aromatic carbocycles. The van der Waals surface area contributed by atoms with Crippen LogP contribution in [0.25, 0.3) is 0 Å². The van der Waals surface area contributed by atoms with Crippen LogP contribution in [0.2, 0.25) is 0 Å². The Morgan fingerprint density at radius 2 is 2.10 bits per heavy atom. The van der Waals surface area contributed by atoms with Gasteiger partial charge in [0.1, 0.15) is 0 Å². The van der Waals surface area contributed by atoms with Gasteiger partial charge in [0.25, 0.3) is 0 Å².